The van der Waals surface area contributed by atoms with E-state index in [1.54, 1.807) is 0 Å². The second-order valence-corrected chi connectivity index (χ2v) is 3.93. The molecule has 1 aromatic carbocycles. The van der Waals surface area contributed by atoms with Gasteiger partial charge in [-0.2, -0.15) is 13.2 Å². The molecule has 0 radical (unpaired) electrons. The Balaban J connectivity index is 0.00000361. The van der Waals surface area contributed by atoms with Crippen LogP contribution in [0.1, 0.15) is 24.9 Å². The average Bonchev–Trinajstić information content (AvgIpc) is 2.26. The Hall–Kier alpha value is -1.47. The van der Waals surface area contributed by atoms with Crippen molar-refractivity contribution in [3.8, 4) is 11.5 Å². The highest BCUT2D eigenvalue weighted by molar-refractivity contribution is 5.85. The first-order chi connectivity index (χ1) is 8.73. The molecule has 1 atom stereocenters. The van der Waals surface area contributed by atoms with Crippen LogP contribution >= 0.6 is 12.4 Å². The van der Waals surface area contributed by atoms with Crippen LogP contribution < -0.4 is 15.2 Å². The lowest BCUT2D eigenvalue weighted by atomic mass is 10.0. The summed E-state index contributed by atoms with van der Waals surface area (Å²) in [5, 5.41) is 0. The van der Waals surface area contributed by atoms with Crippen molar-refractivity contribution in [3.05, 3.63) is 23.8 Å². The van der Waals surface area contributed by atoms with Crippen molar-refractivity contribution in [2.24, 2.45) is 5.73 Å². The lowest BCUT2D eigenvalue weighted by Gasteiger charge is -2.16. The first-order valence-electron chi connectivity index (χ1n) is 5.41. The molecule has 0 aliphatic rings. The smallest absolute Gasteiger partial charge is 0.390 e. The van der Waals surface area contributed by atoms with E-state index in [4.69, 9.17) is 15.2 Å². The fraction of sp³-hybridized carbons (Fsp3) is 0.417. The summed E-state index contributed by atoms with van der Waals surface area (Å²) in [6, 6.07) is 2.86. The molecular weight excluding hydrogens is 299 g/mol. The lowest BCUT2D eigenvalue weighted by molar-refractivity contribution is -0.138. The zero-order chi connectivity index (χ0) is 14.6. The molecule has 2 N–H and O–H groups in total. The third-order valence-electron chi connectivity index (χ3n) is 2.32. The molecule has 20 heavy (non-hydrogen) atoms. The summed E-state index contributed by atoms with van der Waals surface area (Å²) < 4.78 is 46.5. The van der Waals surface area contributed by atoms with Crippen molar-refractivity contribution in [2.45, 2.75) is 25.6 Å². The SMILES string of the molecule is COc1cc([C@H](N)CC(F)(F)F)ccc1OC(C)=O.Cl. The Morgan fingerprint density at radius 2 is 1.95 bits per heavy atom. The third-order valence-corrected chi connectivity index (χ3v) is 2.32. The standard InChI is InChI=1S/C12H14F3NO3.ClH/c1-7(17)19-10-4-3-8(5-11(10)18-2)9(16)6-12(13,14)15;/h3-5,9H,6,16H2,1-2H3;1H/t9-;/m1./s1. The van der Waals surface area contributed by atoms with Crippen LogP contribution in [0, 0.1) is 0 Å². The summed E-state index contributed by atoms with van der Waals surface area (Å²) in [6.45, 7) is 1.21. The largest absolute Gasteiger partial charge is 0.493 e. The van der Waals surface area contributed by atoms with Crippen molar-refractivity contribution in [1.82, 2.24) is 0 Å². The van der Waals surface area contributed by atoms with E-state index in [2.05, 4.69) is 0 Å². The molecule has 0 saturated carbocycles. The Kier molecular flexibility index (Phi) is 6.81. The van der Waals surface area contributed by atoms with Crippen molar-refractivity contribution in [3.63, 3.8) is 0 Å². The van der Waals surface area contributed by atoms with Crippen LogP contribution in [0.15, 0.2) is 18.2 Å². The molecule has 1 aromatic rings. The van der Waals surface area contributed by atoms with E-state index in [0.29, 0.717) is 0 Å². The molecule has 0 unspecified atom stereocenters. The van der Waals surface area contributed by atoms with Crippen LogP contribution in [-0.4, -0.2) is 19.3 Å². The van der Waals surface area contributed by atoms with Crippen molar-refractivity contribution in [2.75, 3.05) is 7.11 Å². The van der Waals surface area contributed by atoms with E-state index < -0.39 is 24.6 Å². The van der Waals surface area contributed by atoms with Gasteiger partial charge in [-0.1, -0.05) is 6.07 Å². The molecule has 0 aliphatic heterocycles. The summed E-state index contributed by atoms with van der Waals surface area (Å²) in [6.07, 6.45) is -5.48. The summed E-state index contributed by atoms with van der Waals surface area (Å²) in [5.74, 6) is -0.256. The lowest BCUT2D eigenvalue weighted by Crippen LogP contribution is -2.20. The van der Waals surface area contributed by atoms with Crippen molar-refractivity contribution in [1.29, 1.82) is 0 Å². The van der Waals surface area contributed by atoms with Crippen molar-refractivity contribution < 1.29 is 27.4 Å². The van der Waals surface area contributed by atoms with E-state index in [9.17, 15) is 18.0 Å². The van der Waals surface area contributed by atoms with Crippen LogP contribution in [0.5, 0.6) is 11.5 Å². The van der Waals surface area contributed by atoms with Crippen LogP contribution in [-0.2, 0) is 4.79 Å². The van der Waals surface area contributed by atoms with Crippen LogP contribution in [0.4, 0.5) is 13.2 Å². The predicted octanol–water partition coefficient (Wildman–Crippen LogP) is 2.99. The van der Waals surface area contributed by atoms with Gasteiger partial charge in [-0.3, -0.25) is 4.79 Å². The number of carbonyl (C=O) groups excluding carboxylic acids is 1. The number of methoxy groups -OCH3 is 1. The molecule has 0 bridgehead atoms. The Labute approximate surface area is 120 Å². The molecule has 0 heterocycles. The summed E-state index contributed by atoms with van der Waals surface area (Å²) in [7, 11) is 1.32. The molecule has 8 heteroatoms. The number of hydrogen-bond donors (Lipinski definition) is 1. The van der Waals surface area contributed by atoms with Gasteiger partial charge >= 0.3 is 12.1 Å². The van der Waals surface area contributed by atoms with E-state index in [0.717, 1.165) is 0 Å². The van der Waals surface area contributed by atoms with Crippen molar-refractivity contribution >= 4 is 18.4 Å². The molecule has 0 aliphatic carbocycles. The average molecular weight is 314 g/mol. The first-order valence-corrected chi connectivity index (χ1v) is 5.41. The van der Waals surface area contributed by atoms with Gasteiger partial charge in [0.05, 0.1) is 13.5 Å². The molecule has 1 rings (SSSR count). The molecule has 114 valence electrons. The minimum Gasteiger partial charge on any atom is -0.493 e. The van der Waals surface area contributed by atoms with Gasteiger partial charge in [-0.25, -0.2) is 0 Å². The highest BCUT2D eigenvalue weighted by atomic mass is 35.5. The Morgan fingerprint density at radius 1 is 1.35 bits per heavy atom. The number of esters is 1. The first kappa shape index (κ1) is 18.5. The minimum atomic E-state index is -4.35. The Bertz CT molecular complexity index is 466. The van der Waals surface area contributed by atoms with Gasteiger partial charge in [0.1, 0.15) is 0 Å². The number of benzene rings is 1. The fourth-order valence-corrected chi connectivity index (χ4v) is 1.52. The Morgan fingerprint density at radius 3 is 2.40 bits per heavy atom. The molecular formula is C12H15ClF3NO3. The fourth-order valence-electron chi connectivity index (χ4n) is 1.52. The van der Waals surface area contributed by atoms with Crippen LogP contribution in [0.25, 0.3) is 0 Å². The number of halogens is 4. The van der Waals surface area contributed by atoms with Gasteiger partial charge in [-0.15, -0.1) is 12.4 Å². The molecule has 0 aromatic heterocycles. The molecule has 0 amide bonds. The van der Waals surface area contributed by atoms with E-state index in [1.165, 1.54) is 32.2 Å². The van der Waals surface area contributed by atoms with Gasteiger partial charge in [-0.05, 0) is 17.7 Å². The maximum atomic E-state index is 12.2. The highest BCUT2D eigenvalue weighted by Crippen LogP contribution is 2.33. The van der Waals surface area contributed by atoms with Gasteiger partial charge < -0.3 is 15.2 Å². The normalized spacial score (nSPS) is 12.3. The predicted molar refractivity (Wildman–Crippen MR) is 69.2 cm³/mol. The van der Waals surface area contributed by atoms with Gasteiger partial charge in [0.15, 0.2) is 11.5 Å². The van der Waals surface area contributed by atoms with Gasteiger partial charge in [0, 0.05) is 13.0 Å². The number of ether oxygens (including phenoxy) is 2. The number of rotatable bonds is 4. The number of carbonyl (C=O) groups is 1. The molecule has 0 spiro atoms. The third kappa shape index (κ3) is 5.66. The zero-order valence-corrected chi connectivity index (χ0v) is 11.7. The van der Waals surface area contributed by atoms with Gasteiger partial charge in [0.2, 0.25) is 0 Å². The summed E-state index contributed by atoms with van der Waals surface area (Å²) in [4.78, 5) is 10.8. The summed E-state index contributed by atoms with van der Waals surface area (Å²) >= 11 is 0. The zero-order valence-electron chi connectivity index (χ0n) is 10.9. The maximum Gasteiger partial charge on any atom is 0.390 e. The van der Waals surface area contributed by atoms with Gasteiger partial charge in [0.25, 0.3) is 0 Å². The minimum absolute atomic E-state index is 0. The van der Waals surface area contributed by atoms with E-state index >= 15 is 0 Å². The van der Waals surface area contributed by atoms with Crippen LogP contribution in [0.3, 0.4) is 0 Å². The monoisotopic (exact) mass is 313 g/mol. The van der Waals surface area contributed by atoms with E-state index in [1.807, 2.05) is 0 Å². The highest BCUT2D eigenvalue weighted by Gasteiger charge is 2.31. The molecule has 0 fully saturated rings. The number of hydrogen-bond acceptors (Lipinski definition) is 4. The second kappa shape index (κ2) is 7.35. The summed E-state index contributed by atoms with van der Waals surface area (Å²) in [5.41, 5.74) is 5.73. The number of nitrogens with two attached hydrogens (primary N) is 1. The van der Waals surface area contributed by atoms with Crippen LogP contribution in [0.2, 0.25) is 0 Å². The maximum absolute atomic E-state index is 12.2. The molecule has 4 nitrogen and oxygen atoms in total. The molecule has 0 saturated heterocycles. The second-order valence-electron chi connectivity index (χ2n) is 3.93. The van der Waals surface area contributed by atoms with E-state index in [-0.39, 0.29) is 29.5 Å². The topological polar surface area (TPSA) is 61.6 Å². The number of alkyl halides is 3. The quantitative estimate of drug-likeness (QED) is 0.685.